The van der Waals surface area contributed by atoms with Crippen molar-refractivity contribution in [1.82, 2.24) is 9.78 Å². The predicted molar refractivity (Wildman–Crippen MR) is 87.2 cm³/mol. The van der Waals surface area contributed by atoms with Crippen molar-refractivity contribution in [1.29, 1.82) is 0 Å². The molecule has 0 saturated heterocycles. The number of nitrogens with two attached hydrogens (primary N) is 1. The second-order valence-electron chi connectivity index (χ2n) is 7.93. The minimum absolute atomic E-state index is 0.257. The first kappa shape index (κ1) is 15.1. The smallest absolute Gasteiger partial charge is 0.0640 e. The Kier molecular flexibility index (Phi) is 4.39. The summed E-state index contributed by atoms with van der Waals surface area (Å²) in [5.74, 6) is 0.642. The van der Waals surface area contributed by atoms with Gasteiger partial charge < -0.3 is 5.73 Å². The summed E-state index contributed by atoms with van der Waals surface area (Å²) >= 11 is 0. The average Bonchev–Trinajstić information content (AvgIpc) is 3.08. The number of rotatable bonds is 4. The molecule has 1 aromatic heterocycles. The first-order valence-electron chi connectivity index (χ1n) is 8.86. The highest BCUT2D eigenvalue weighted by Gasteiger charge is 2.36. The standard InChI is InChI=1S/C18H31N3/c1-18(2)11-6-5-9-16(18)17(19)13-14-10-12-21(20-14)15-7-3-4-8-15/h10,12,15-17H,3-9,11,13,19H2,1-2H3. The van der Waals surface area contributed by atoms with Gasteiger partial charge in [-0.25, -0.2) is 0 Å². The monoisotopic (exact) mass is 289 g/mol. The summed E-state index contributed by atoms with van der Waals surface area (Å²) in [4.78, 5) is 0. The molecule has 2 fully saturated rings. The third kappa shape index (κ3) is 3.33. The van der Waals surface area contributed by atoms with Crippen molar-refractivity contribution in [3.8, 4) is 0 Å². The molecule has 3 heteroatoms. The Morgan fingerprint density at radius 2 is 1.95 bits per heavy atom. The van der Waals surface area contributed by atoms with Gasteiger partial charge >= 0.3 is 0 Å². The Balaban J connectivity index is 1.63. The van der Waals surface area contributed by atoms with Gasteiger partial charge in [-0.15, -0.1) is 0 Å². The molecule has 0 radical (unpaired) electrons. The van der Waals surface area contributed by atoms with E-state index >= 15 is 0 Å². The van der Waals surface area contributed by atoms with E-state index < -0.39 is 0 Å². The van der Waals surface area contributed by atoms with Crippen molar-refractivity contribution in [3.63, 3.8) is 0 Å². The quantitative estimate of drug-likeness (QED) is 0.907. The van der Waals surface area contributed by atoms with Crippen molar-refractivity contribution in [2.75, 3.05) is 0 Å². The first-order valence-corrected chi connectivity index (χ1v) is 8.86. The lowest BCUT2D eigenvalue weighted by Crippen LogP contribution is -2.43. The third-order valence-electron chi connectivity index (χ3n) is 5.91. The van der Waals surface area contributed by atoms with Gasteiger partial charge in [-0.3, -0.25) is 4.68 Å². The van der Waals surface area contributed by atoms with Gasteiger partial charge in [-0.2, -0.15) is 5.10 Å². The molecule has 0 aliphatic heterocycles. The van der Waals surface area contributed by atoms with Crippen molar-refractivity contribution >= 4 is 0 Å². The van der Waals surface area contributed by atoms with E-state index in [1.807, 2.05) is 0 Å². The topological polar surface area (TPSA) is 43.8 Å². The Hall–Kier alpha value is -0.830. The van der Waals surface area contributed by atoms with Crippen LogP contribution in [0.3, 0.4) is 0 Å². The van der Waals surface area contributed by atoms with Crippen LogP contribution in [0, 0.1) is 11.3 Å². The van der Waals surface area contributed by atoms with E-state index in [0.717, 1.165) is 6.42 Å². The molecule has 2 aliphatic carbocycles. The molecule has 0 aromatic carbocycles. The molecule has 1 heterocycles. The van der Waals surface area contributed by atoms with Crippen LogP contribution in [0.5, 0.6) is 0 Å². The van der Waals surface area contributed by atoms with E-state index in [4.69, 9.17) is 10.8 Å². The molecule has 2 atom stereocenters. The molecule has 2 N–H and O–H groups in total. The SMILES string of the molecule is CC1(C)CCCCC1C(N)Cc1ccn(C2CCCC2)n1. The van der Waals surface area contributed by atoms with Gasteiger partial charge in [0.05, 0.1) is 11.7 Å². The van der Waals surface area contributed by atoms with E-state index in [1.54, 1.807) is 0 Å². The fraction of sp³-hybridized carbons (Fsp3) is 0.833. The molecule has 3 rings (SSSR count). The second kappa shape index (κ2) is 6.12. The average molecular weight is 289 g/mol. The Morgan fingerprint density at radius 1 is 1.24 bits per heavy atom. The maximum absolute atomic E-state index is 6.57. The van der Waals surface area contributed by atoms with Crippen molar-refractivity contribution in [3.05, 3.63) is 18.0 Å². The van der Waals surface area contributed by atoms with Crippen LogP contribution in [0.2, 0.25) is 0 Å². The van der Waals surface area contributed by atoms with Crippen LogP contribution in [-0.4, -0.2) is 15.8 Å². The number of hydrogen-bond acceptors (Lipinski definition) is 2. The van der Waals surface area contributed by atoms with Gasteiger partial charge in [0.25, 0.3) is 0 Å². The van der Waals surface area contributed by atoms with Crippen LogP contribution in [0.25, 0.3) is 0 Å². The summed E-state index contributed by atoms with van der Waals surface area (Å²) in [6.45, 7) is 4.79. The molecular formula is C18H31N3. The molecule has 0 spiro atoms. The zero-order valence-corrected chi connectivity index (χ0v) is 13.7. The molecule has 118 valence electrons. The summed E-state index contributed by atoms with van der Waals surface area (Å²) in [5.41, 5.74) is 8.15. The normalized spacial score (nSPS) is 27.9. The Labute approximate surface area is 129 Å². The largest absolute Gasteiger partial charge is 0.327 e. The van der Waals surface area contributed by atoms with Crippen LogP contribution in [0.1, 0.15) is 76.9 Å². The van der Waals surface area contributed by atoms with Gasteiger partial charge in [0, 0.05) is 18.7 Å². The molecular weight excluding hydrogens is 258 g/mol. The minimum Gasteiger partial charge on any atom is -0.327 e. The highest BCUT2D eigenvalue weighted by molar-refractivity contribution is 5.04. The number of hydrogen-bond donors (Lipinski definition) is 1. The maximum Gasteiger partial charge on any atom is 0.0640 e. The van der Waals surface area contributed by atoms with Crippen LogP contribution in [-0.2, 0) is 6.42 Å². The summed E-state index contributed by atoms with van der Waals surface area (Å²) in [6, 6.07) is 3.09. The highest BCUT2D eigenvalue weighted by atomic mass is 15.3. The van der Waals surface area contributed by atoms with Crippen LogP contribution in [0.4, 0.5) is 0 Å². The van der Waals surface area contributed by atoms with Crippen LogP contribution in [0.15, 0.2) is 12.3 Å². The second-order valence-corrected chi connectivity index (χ2v) is 7.93. The maximum atomic E-state index is 6.57. The number of aromatic nitrogens is 2. The van der Waals surface area contributed by atoms with Gasteiger partial charge in [0.2, 0.25) is 0 Å². The third-order valence-corrected chi connectivity index (χ3v) is 5.91. The van der Waals surface area contributed by atoms with Crippen molar-refractivity contribution in [2.24, 2.45) is 17.1 Å². The molecule has 2 unspecified atom stereocenters. The Bertz CT molecular complexity index is 457. The summed E-state index contributed by atoms with van der Waals surface area (Å²) in [7, 11) is 0. The summed E-state index contributed by atoms with van der Waals surface area (Å²) in [5, 5.41) is 4.81. The fourth-order valence-corrected chi connectivity index (χ4v) is 4.56. The van der Waals surface area contributed by atoms with Gasteiger partial charge in [0.15, 0.2) is 0 Å². The van der Waals surface area contributed by atoms with Gasteiger partial charge in [-0.05, 0) is 43.1 Å². The predicted octanol–water partition coefficient (Wildman–Crippen LogP) is 4.08. The first-order chi connectivity index (χ1) is 10.1. The molecule has 2 aliphatic rings. The lowest BCUT2D eigenvalue weighted by molar-refractivity contribution is 0.112. The van der Waals surface area contributed by atoms with E-state index in [-0.39, 0.29) is 6.04 Å². The minimum atomic E-state index is 0.257. The van der Waals surface area contributed by atoms with Crippen LogP contribution < -0.4 is 5.73 Å². The van der Waals surface area contributed by atoms with E-state index in [2.05, 4.69) is 30.8 Å². The molecule has 3 nitrogen and oxygen atoms in total. The van der Waals surface area contributed by atoms with Crippen molar-refractivity contribution in [2.45, 2.75) is 83.7 Å². The zero-order valence-electron chi connectivity index (χ0n) is 13.7. The van der Waals surface area contributed by atoms with E-state index in [1.165, 1.54) is 57.1 Å². The lowest BCUT2D eigenvalue weighted by Gasteiger charge is -2.42. The lowest BCUT2D eigenvalue weighted by atomic mass is 9.65. The molecule has 21 heavy (non-hydrogen) atoms. The Morgan fingerprint density at radius 3 is 2.67 bits per heavy atom. The van der Waals surface area contributed by atoms with Gasteiger partial charge in [-0.1, -0.05) is 39.5 Å². The highest BCUT2D eigenvalue weighted by Crippen LogP contribution is 2.42. The van der Waals surface area contributed by atoms with E-state index in [0.29, 0.717) is 17.4 Å². The number of nitrogens with zero attached hydrogens (tertiary/aromatic N) is 2. The summed E-state index contributed by atoms with van der Waals surface area (Å²) in [6.07, 6.45) is 13.7. The van der Waals surface area contributed by atoms with Crippen LogP contribution >= 0.6 is 0 Å². The molecule has 2 saturated carbocycles. The summed E-state index contributed by atoms with van der Waals surface area (Å²) < 4.78 is 2.20. The van der Waals surface area contributed by atoms with Gasteiger partial charge in [0.1, 0.15) is 0 Å². The van der Waals surface area contributed by atoms with E-state index in [9.17, 15) is 0 Å². The molecule has 1 aromatic rings. The molecule has 0 bridgehead atoms. The fourth-order valence-electron chi connectivity index (χ4n) is 4.56. The van der Waals surface area contributed by atoms with Crippen molar-refractivity contribution < 1.29 is 0 Å². The zero-order chi connectivity index (χ0) is 14.9. The molecule has 0 amide bonds.